The fraction of sp³-hybridized carbons (Fsp3) is 0.125. The number of aryl methyl sites for hydroxylation is 1. The van der Waals surface area contributed by atoms with Gasteiger partial charge in [0.05, 0.1) is 27.3 Å². The van der Waals surface area contributed by atoms with Crippen molar-refractivity contribution in [3.8, 4) is 5.69 Å². The van der Waals surface area contributed by atoms with Crippen LogP contribution >= 0.6 is 11.6 Å². The number of benzene rings is 2. The van der Waals surface area contributed by atoms with Gasteiger partial charge in [-0.15, -0.1) is 0 Å². The molecule has 3 rings (SSSR count). The zero-order chi connectivity index (χ0) is 15.0. The number of aromatic nitrogens is 2. The molecule has 5 heteroatoms. The number of carbonyl (C=O) groups is 1. The average molecular weight is 301 g/mol. The number of rotatable bonds is 3. The molecule has 0 saturated heterocycles. The van der Waals surface area contributed by atoms with Gasteiger partial charge in [0.2, 0.25) is 0 Å². The molecule has 1 N–H and O–H groups in total. The van der Waals surface area contributed by atoms with Gasteiger partial charge in [-0.3, -0.25) is 4.57 Å². The van der Waals surface area contributed by atoms with Gasteiger partial charge in [-0.2, -0.15) is 0 Å². The molecule has 1 aromatic heterocycles. The third kappa shape index (κ3) is 2.17. The molecule has 3 aromatic rings. The van der Waals surface area contributed by atoms with Gasteiger partial charge in [0.25, 0.3) is 0 Å². The van der Waals surface area contributed by atoms with Crippen molar-refractivity contribution in [2.24, 2.45) is 0 Å². The van der Waals surface area contributed by atoms with Gasteiger partial charge in [0, 0.05) is 6.42 Å². The highest BCUT2D eigenvalue weighted by Crippen LogP contribution is 2.29. The Morgan fingerprint density at radius 2 is 2.00 bits per heavy atom. The van der Waals surface area contributed by atoms with E-state index >= 15 is 0 Å². The predicted octanol–water partition coefficient (Wildman–Crippen LogP) is 3.94. The monoisotopic (exact) mass is 300 g/mol. The lowest BCUT2D eigenvalue weighted by molar-refractivity contribution is 0.0698. The molecule has 1 heterocycles. The van der Waals surface area contributed by atoms with Crippen molar-refractivity contribution in [1.82, 2.24) is 9.55 Å². The van der Waals surface area contributed by atoms with Crippen LogP contribution in [0, 0.1) is 0 Å². The van der Waals surface area contributed by atoms with Crippen LogP contribution < -0.4 is 0 Å². The maximum Gasteiger partial charge on any atom is 0.337 e. The molecule has 0 fully saturated rings. The summed E-state index contributed by atoms with van der Waals surface area (Å²) in [4.78, 5) is 16.0. The molecular formula is C16H13ClN2O2. The zero-order valence-corrected chi connectivity index (χ0v) is 12.1. The smallest absolute Gasteiger partial charge is 0.337 e. The highest BCUT2D eigenvalue weighted by Gasteiger charge is 2.19. The average Bonchev–Trinajstić information content (AvgIpc) is 2.86. The van der Waals surface area contributed by atoms with Crippen LogP contribution in [0.2, 0.25) is 5.02 Å². The van der Waals surface area contributed by atoms with Crippen molar-refractivity contribution in [1.29, 1.82) is 0 Å². The van der Waals surface area contributed by atoms with Crippen molar-refractivity contribution in [2.45, 2.75) is 13.3 Å². The van der Waals surface area contributed by atoms with Crippen molar-refractivity contribution in [3.05, 3.63) is 58.9 Å². The minimum Gasteiger partial charge on any atom is -0.478 e. The molecule has 0 saturated carbocycles. The molecule has 0 bridgehead atoms. The van der Waals surface area contributed by atoms with Gasteiger partial charge in [0.1, 0.15) is 5.82 Å². The van der Waals surface area contributed by atoms with E-state index in [1.165, 1.54) is 0 Å². The molecular weight excluding hydrogens is 288 g/mol. The van der Waals surface area contributed by atoms with E-state index in [-0.39, 0.29) is 5.56 Å². The van der Waals surface area contributed by atoms with Gasteiger partial charge in [-0.25, -0.2) is 9.78 Å². The molecule has 0 amide bonds. The Hall–Kier alpha value is -2.33. The van der Waals surface area contributed by atoms with E-state index in [1.54, 1.807) is 18.2 Å². The topological polar surface area (TPSA) is 55.1 Å². The number of hydrogen-bond acceptors (Lipinski definition) is 2. The van der Waals surface area contributed by atoms with Gasteiger partial charge in [-0.1, -0.05) is 36.7 Å². The maximum atomic E-state index is 11.5. The van der Waals surface area contributed by atoms with Gasteiger partial charge < -0.3 is 5.11 Å². The van der Waals surface area contributed by atoms with Crippen molar-refractivity contribution < 1.29 is 9.90 Å². The van der Waals surface area contributed by atoms with Gasteiger partial charge in [0.15, 0.2) is 0 Å². The molecule has 21 heavy (non-hydrogen) atoms. The van der Waals surface area contributed by atoms with E-state index in [0.29, 0.717) is 22.5 Å². The van der Waals surface area contributed by atoms with Crippen molar-refractivity contribution in [3.63, 3.8) is 0 Å². The van der Waals surface area contributed by atoms with E-state index < -0.39 is 5.97 Å². The minimum absolute atomic E-state index is 0.222. The number of carboxylic acids is 1. The molecule has 0 spiro atoms. The van der Waals surface area contributed by atoms with Crippen LogP contribution in [0.1, 0.15) is 23.1 Å². The second-order valence-corrected chi connectivity index (χ2v) is 5.05. The van der Waals surface area contributed by atoms with Crippen molar-refractivity contribution in [2.75, 3.05) is 0 Å². The molecule has 0 aliphatic rings. The number of aromatic carboxylic acids is 1. The number of para-hydroxylation sites is 2. The number of imidazole rings is 1. The van der Waals surface area contributed by atoms with Gasteiger partial charge in [-0.05, 0) is 24.3 Å². The van der Waals surface area contributed by atoms with E-state index in [0.717, 1.165) is 11.5 Å². The minimum atomic E-state index is -0.976. The first-order valence-electron chi connectivity index (χ1n) is 6.62. The molecule has 2 aromatic carbocycles. The molecule has 0 aliphatic heterocycles. The molecule has 0 unspecified atom stereocenters. The highest BCUT2D eigenvalue weighted by atomic mass is 35.5. The van der Waals surface area contributed by atoms with Gasteiger partial charge >= 0.3 is 5.97 Å². The van der Waals surface area contributed by atoms with Crippen LogP contribution in [0.25, 0.3) is 16.7 Å². The number of nitrogens with zero attached hydrogens (tertiary/aromatic N) is 2. The SMILES string of the molecule is CCc1nc2cccc(C(=O)O)c2n1-c1ccccc1Cl. The summed E-state index contributed by atoms with van der Waals surface area (Å²) in [6.45, 7) is 1.98. The summed E-state index contributed by atoms with van der Waals surface area (Å²) in [6.07, 6.45) is 0.680. The molecule has 106 valence electrons. The highest BCUT2D eigenvalue weighted by molar-refractivity contribution is 6.32. The van der Waals surface area contributed by atoms with Crippen LogP contribution in [-0.4, -0.2) is 20.6 Å². The Balaban J connectivity index is 2.45. The summed E-state index contributed by atoms with van der Waals surface area (Å²) >= 11 is 6.28. The summed E-state index contributed by atoms with van der Waals surface area (Å²) in [6, 6.07) is 12.5. The van der Waals surface area contributed by atoms with E-state index in [1.807, 2.05) is 35.8 Å². The van der Waals surface area contributed by atoms with Crippen LogP contribution in [0.15, 0.2) is 42.5 Å². The Morgan fingerprint density at radius 1 is 1.24 bits per heavy atom. The first-order valence-corrected chi connectivity index (χ1v) is 6.99. The maximum absolute atomic E-state index is 11.5. The first-order chi connectivity index (χ1) is 10.1. The predicted molar refractivity (Wildman–Crippen MR) is 82.4 cm³/mol. The lowest BCUT2D eigenvalue weighted by atomic mass is 10.1. The van der Waals surface area contributed by atoms with Crippen LogP contribution in [0.4, 0.5) is 0 Å². The fourth-order valence-corrected chi connectivity index (χ4v) is 2.70. The number of halogens is 1. The normalized spacial score (nSPS) is 11.0. The first kappa shape index (κ1) is 13.6. The Labute approximate surface area is 126 Å². The molecule has 4 nitrogen and oxygen atoms in total. The number of fused-ring (bicyclic) bond motifs is 1. The molecule has 0 radical (unpaired) electrons. The largest absolute Gasteiger partial charge is 0.478 e. The van der Waals surface area contributed by atoms with Crippen molar-refractivity contribution >= 4 is 28.6 Å². The summed E-state index contributed by atoms with van der Waals surface area (Å²) in [5.41, 5.74) is 2.20. The third-order valence-electron chi connectivity index (χ3n) is 3.39. The van der Waals surface area contributed by atoms with E-state index in [2.05, 4.69) is 4.98 Å². The lowest BCUT2D eigenvalue weighted by Gasteiger charge is -2.11. The lowest BCUT2D eigenvalue weighted by Crippen LogP contribution is -2.05. The fourth-order valence-electron chi connectivity index (χ4n) is 2.48. The van der Waals surface area contributed by atoms with Crippen LogP contribution in [0.3, 0.4) is 0 Å². The summed E-state index contributed by atoms with van der Waals surface area (Å²) in [5.74, 6) is -0.191. The van der Waals surface area contributed by atoms with E-state index in [9.17, 15) is 9.90 Å². The Morgan fingerprint density at radius 3 is 2.67 bits per heavy atom. The number of hydrogen-bond donors (Lipinski definition) is 1. The second-order valence-electron chi connectivity index (χ2n) is 4.65. The third-order valence-corrected chi connectivity index (χ3v) is 3.71. The summed E-state index contributed by atoms with van der Waals surface area (Å²) in [5, 5.41) is 9.99. The standard InChI is InChI=1S/C16H13ClN2O2/c1-2-14-18-12-8-5-6-10(16(20)21)15(12)19(14)13-9-4-3-7-11(13)17/h3-9H,2H2,1H3,(H,20,21). The Kier molecular flexibility index (Phi) is 3.39. The van der Waals surface area contributed by atoms with Crippen LogP contribution in [-0.2, 0) is 6.42 Å². The van der Waals surface area contributed by atoms with E-state index in [4.69, 9.17) is 11.6 Å². The quantitative estimate of drug-likeness (QED) is 0.797. The zero-order valence-electron chi connectivity index (χ0n) is 11.4. The van der Waals surface area contributed by atoms with Crippen LogP contribution in [0.5, 0.6) is 0 Å². The number of carboxylic acid groups (broad SMARTS) is 1. The molecule has 0 atom stereocenters. The molecule has 0 aliphatic carbocycles. The second kappa shape index (κ2) is 5.22. The summed E-state index contributed by atoms with van der Waals surface area (Å²) < 4.78 is 1.83. The Bertz CT molecular complexity index is 839. The summed E-state index contributed by atoms with van der Waals surface area (Å²) in [7, 11) is 0.